The van der Waals surface area contributed by atoms with Gasteiger partial charge in [0, 0.05) is 30.9 Å². The maximum absolute atomic E-state index is 9.80. The first-order valence-corrected chi connectivity index (χ1v) is 6.72. The molecule has 1 aromatic heterocycles. The van der Waals surface area contributed by atoms with Crippen molar-refractivity contribution >= 4 is 15.9 Å². The van der Waals surface area contributed by atoms with Gasteiger partial charge in [-0.2, -0.15) is 0 Å². The minimum absolute atomic E-state index is 0.316. The van der Waals surface area contributed by atoms with Crippen LogP contribution in [0.3, 0.4) is 0 Å². The molecule has 0 saturated carbocycles. The summed E-state index contributed by atoms with van der Waals surface area (Å²) in [7, 11) is 0. The Morgan fingerprint density at radius 2 is 2.28 bits per heavy atom. The maximum atomic E-state index is 9.80. The van der Waals surface area contributed by atoms with Crippen molar-refractivity contribution in [2.75, 3.05) is 6.54 Å². The van der Waals surface area contributed by atoms with Crippen LogP contribution in [-0.2, 0) is 13.0 Å². The SMILES string of the molecule is Oc1c(Br)cccc1CNCCCc1ncc[nH]1. The number of imidazole rings is 1. The smallest absolute Gasteiger partial charge is 0.134 e. The highest BCUT2D eigenvalue weighted by molar-refractivity contribution is 9.10. The lowest BCUT2D eigenvalue weighted by Gasteiger charge is -2.07. The van der Waals surface area contributed by atoms with Crippen LogP contribution in [0.1, 0.15) is 17.8 Å². The number of H-pyrrole nitrogens is 1. The van der Waals surface area contributed by atoms with Gasteiger partial charge in [-0.3, -0.25) is 0 Å². The third-order valence-corrected chi connectivity index (χ3v) is 3.35. The van der Waals surface area contributed by atoms with E-state index in [4.69, 9.17) is 0 Å². The quantitative estimate of drug-likeness (QED) is 0.719. The summed E-state index contributed by atoms with van der Waals surface area (Å²) in [5, 5.41) is 13.1. The number of aromatic nitrogens is 2. The molecule has 0 aliphatic heterocycles. The van der Waals surface area contributed by atoms with E-state index in [0.717, 1.165) is 35.2 Å². The summed E-state index contributed by atoms with van der Waals surface area (Å²) in [5.41, 5.74) is 0.905. The van der Waals surface area contributed by atoms with Crippen LogP contribution >= 0.6 is 15.9 Å². The molecule has 1 heterocycles. The molecule has 0 aliphatic rings. The lowest BCUT2D eigenvalue weighted by atomic mass is 10.2. The van der Waals surface area contributed by atoms with Crippen LogP contribution in [-0.4, -0.2) is 21.6 Å². The van der Waals surface area contributed by atoms with Crippen molar-refractivity contribution in [1.82, 2.24) is 15.3 Å². The number of aryl methyl sites for hydroxylation is 1. The van der Waals surface area contributed by atoms with Crippen LogP contribution in [0.5, 0.6) is 5.75 Å². The third-order valence-electron chi connectivity index (χ3n) is 2.71. The minimum atomic E-state index is 0.316. The van der Waals surface area contributed by atoms with Crippen LogP contribution in [0, 0.1) is 0 Å². The monoisotopic (exact) mass is 309 g/mol. The molecule has 0 radical (unpaired) electrons. The van der Waals surface area contributed by atoms with Crippen molar-refractivity contribution in [1.29, 1.82) is 0 Å². The van der Waals surface area contributed by atoms with E-state index in [2.05, 4.69) is 31.2 Å². The zero-order valence-corrected chi connectivity index (χ0v) is 11.6. The fraction of sp³-hybridized carbons (Fsp3) is 0.308. The summed E-state index contributed by atoms with van der Waals surface area (Å²) in [5.74, 6) is 1.33. The Balaban J connectivity index is 1.70. The largest absolute Gasteiger partial charge is 0.506 e. The highest BCUT2D eigenvalue weighted by atomic mass is 79.9. The molecule has 0 unspecified atom stereocenters. The lowest BCUT2D eigenvalue weighted by Crippen LogP contribution is -2.15. The van der Waals surface area contributed by atoms with Crippen molar-refractivity contribution in [2.24, 2.45) is 0 Å². The van der Waals surface area contributed by atoms with Gasteiger partial charge in [0.15, 0.2) is 0 Å². The number of halogens is 1. The number of para-hydroxylation sites is 1. The standard InChI is InChI=1S/C13H16BrN3O/c14-11-4-1-3-10(13(11)18)9-15-6-2-5-12-16-7-8-17-12/h1,3-4,7-8,15,18H,2,5-6,9H2,(H,16,17). The predicted octanol–water partition coefficient (Wildman–Crippen LogP) is 2.60. The van der Waals surface area contributed by atoms with Crippen LogP contribution < -0.4 is 5.32 Å². The fourth-order valence-electron chi connectivity index (χ4n) is 1.74. The molecule has 2 aromatic rings. The molecule has 96 valence electrons. The average molecular weight is 310 g/mol. The van der Waals surface area contributed by atoms with Crippen molar-refractivity contribution in [3.63, 3.8) is 0 Å². The van der Waals surface area contributed by atoms with Crippen molar-refractivity contribution in [3.8, 4) is 5.75 Å². The van der Waals surface area contributed by atoms with Crippen molar-refractivity contribution < 1.29 is 5.11 Å². The highest BCUT2D eigenvalue weighted by Gasteiger charge is 2.03. The van der Waals surface area contributed by atoms with Crippen molar-refractivity contribution in [3.05, 3.63) is 46.5 Å². The van der Waals surface area contributed by atoms with Gasteiger partial charge in [0.1, 0.15) is 11.6 Å². The van der Waals surface area contributed by atoms with Gasteiger partial charge in [0.25, 0.3) is 0 Å². The van der Waals surface area contributed by atoms with Gasteiger partial charge in [-0.15, -0.1) is 0 Å². The summed E-state index contributed by atoms with van der Waals surface area (Å²) in [4.78, 5) is 7.25. The van der Waals surface area contributed by atoms with Gasteiger partial charge in [-0.1, -0.05) is 12.1 Å². The fourth-order valence-corrected chi connectivity index (χ4v) is 2.15. The summed E-state index contributed by atoms with van der Waals surface area (Å²) >= 11 is 3.30. The van der Waals surface area contributed by atoms with Gasteiger partial charge in [-0.05, 0) is 35.0 Å². The summed E-state index contributed by atoms with van der Waals surface area (Å²) < 4.78 is 0.734. The summed E-state index contributed by atoms with van der Waals surface area (Å²) in [6, 6.07) is 5.67. The Bertz CT molecular complexity index is 485. The molecule has 0 aliphatic carbocycles. The van der Waals surface area contributed by atoms with Crippen LogP contribution in [0.2, 0.25) is 0 Å². The molecule has 0 bridgehead atoms. The number of phenolic OH excluding ortho intramolecular Hbond substituents is 1. The number of phenols is 1. The Labute approximate surface area is 115 Å². The van der Waals surface area contributed by atoms with E-state index in [-0.39, 0.29) is 0 Å². The molecule has 3 N–H and O–H groups in total. The van der Waals surface area contributed by atoms with Crippen LogP contribution in [0.15, 0.2) is 35.1 Å². The van der Waals surface area contributed by atoms with Gasteiger partial charge >= 0.3 is 0 Å². The normalized spacial score (nSPS) is 10.7. The van der Waals surface area contributed by atoms with Gasteiger partial charge in [0.05, 0.1) is 4.47 Å². The van der Waals surface area contributed by atoms with Crippen molar-refractivity contribution in [2.45, 2.75) is 19.4 Å². The number of hydrogen-bond acceptors (Lipinski definition) is 3. The van der Waals surface area contributed by atoms with E-state index in [1.54, 1.807) is 6.20 Å². The number of aromatic amines is 1. The molecule has 0 amide bonds. The molecule has 0 spiro atoms. The molecule has 5 heteroatoms. The summed E-state index contributed by atoms with van der Waals surface area (Å²) in [6.45, 7) is 1.57. The maximum Gasteiger partial charge on any atom is 0.134 e. The molecule has 0 atom stereocenters. The van der Waals surface area contributed by atoms with Crippen LogP contribution in [0.4, 0.5) is 0 Å². The molecular formula is C13H16BrN3O. The molecule has 0 saturated heterocycles. The second-order valence-corrected chi connectivity index (χ2v) is 4.92. The topological polar surface area (TPSA) is 60.9 Å². The van der Waals surface area contributed by atoms with Gasteiger partial charge in [-0.25, -0.2) is 4.98 Å². The second-order valence-electron chi connectivity index (χ2n) is 4.06. The van der Waals surface area contributed by atoms with E-state index >= 15 is 0 Å². The first kappa shape index (κ1) is 13.1. The average Bonchev–Trinajstić information content (AvgIpc) is 2.87. The summed E-state index contributed by atoms with van der Waals surface area (Å²) in [6.07, 6.45) is 5.55. The van der Waals surface area contributed by atoms with Gasteiger partial charge < -0.3 is 15.4 Å². The molecule has 18 heavy (non-hydrogen) atoms. The number of rotatable bonds is 6. The Morgan fingerprint density at radius 1 is 1.39 bits per heavy atom. The van der Waals surface area contributed by atoms with E-state index < -0.39 is 0 Å². The first-order chi connectivity index (χ1) is 8.77. The molecule has 2 rings (SSSR count). The zero-order valence-electron chi connectivity index (χ0n) is 9.99. The Morgan fingerprint density at radius 3 is 3.06 bits per heavy atom. The lowest BCUT2D eigenvalue weighted by molar-refractivity contribution is 0.460. The zero-order chi connectivity index (χ0) is 12.8. The van der Waals surface area contributed by atoms with E-state index in [0.29, 0.717) is 12.3 Å². The Hall–Kier alpha value is -1.33. The Kier molecular flexibility index (Phi) is 4.78. The minimum Gasteiger partial charge on any atom is -0.506 e. The van der Waals surface area contributed by atoms with E-state index in [9.17, 15) is 5.11 Å². The second kappa shape index (κ2) is 6.56. The number of nitrogens with zero attached hydrogens (tertiary/aromatic N) is 1. The predicted molar refractivity (Wildman–Crippen MR) is 74.4 cm³/mol. The first-order valence-electron chi connectivity index (χ1n) is 5.92. The van der Waals surface area contributed by atoms with Gasteiger partial charge in [0.2, 0.25) is 0 Å². The number of nitrogens with one attached hydrogen (secondary N) is 2. The third kappa shape index (κ3) is 3.58. The molecule has 4 nitrogen and oxygen atoms in total. The number of benzene rings is 1. The molecule has 1 aromatic carbocycles. The molecular weight excluding hydrogens is 294 g/mol. The molecule has 0 fully saturated rings. The highest BCUT2D eigenvalue weighted by Crippen LogP contribution is 2.27. The number of aromatic hydroxyl groups is 1. The van der Waals surface area contributed by atoms with E-state index in [1.807, 2.05) is 24.4 Å². The van der Waals surface area contributed by atoms with E-state index in [1.165, 1.54) is 0 Å². The number of hydrogen-bond donors (Lipinski definition) is 3. The van der Waals surface area contributed by atoms with Crippen LogP contribution in [0.25, 0.3) is 0 Å².